The fourth-order valence-corrected chi connectivity index (χ4v) is 1.30. The van der Waals surface area contributed by atoms with Gasteiger partial charge >= 0.3 is 6.09 Å². The fourth-order valence-electron chi connectivity index (χ4n) is 0.840. The summed E-state index contributed by atoms with van der Waals surface area (Å²) in [5, 5.41) is 2.58. The number of carbonyl (C=O) groups excluding carboxylic acids is 1. The molecule has 0 saturated heterocycles. The molecule has 0 fully saturated rings. The van der Waals surface area contributed by atoms with Crippen LogP contribution in [0.4, 0.5) is 10.5 Å². The number of alkyl halides is 1. The Morgan fingerprint density at radius 1 is 1.50 bits per heavy atom. The highest BCUT2D eigenvalue weighted by Crippen LogP contribution is 2.21. The van der Waals surface area contributed by atoms with Gasteiger partial charge in [-0.3, -0.25) is 5.32 Å². The Balaban J connectivity index is 2.52. The van der Waals surface area contributed by atoms with Crippen LogP contribution < -0.4 is 5.32 Å². The Bertz CT molecular complexity index is 319. The molecule has 3 nitrogen and oxygen atoms in total. The average molecular weight is 279 g/mol. The molecular formula is C9H9BrClNO2. The topological polar surface area (TPSA) is 38.3 Å². The molecule has 0 saturated carbocycles. The van der Waals surface area contributed by atoms with E-state index >= 15 is 0 Å². The second-order valence-electron chi connectivity index (χ2n) is 2.43. The first-order chi connectivity index (χ1) is 6.74. The first-order valence-electron chi connectivity index (χ1n) is 3.98. The number of para-hydroxylation sites is 1. The van der Waals surface area contributed by atoms with E-state index < -0.39 is 6.09 Å². The van der Waals surface area contributed by atoms with Gasteiger partial charge in [-0.25, -0.2) is 4.79 Å². The molecule has 1 N–H and O–H groups in total. The number of amides is 1. The zero-order chi connectivity index (χ0) is 10.4. The molecule has 1 rings (SSSR count). The van der Waals surface area contributed by atoms with Gasteiger partial charge in [-0.2, -0.15) is 0 Å². The molecule has 1 aromatic carbocycles. The maximum Gasteiger partial charge on any atom is 0.411 e. The molecule has 0 aliphatic heterocycles. The van der Waals surface area contributed by atoms with Crippen molar-refractivity contribution in [2.45, 2.75) is 0 Å². The van der Waals surface area contributed by atoms with Crippen molar-refractivity contribution < 1.29 is 9.53 Å². The predicted molar refractivity (Wildman–Crippen MR) is 59.8 cm³/mol. The van der Waals surface area contributed by atoms with Gasteiger partial charge in [0.05, 0.1) is 11.6 Å². The quantitative estimate of drug-likeness (QED) is 0.862. The number of rotatable bonds is 3. The minimum Gasteiger partial charge on any atom is -0.448 e. The summed E-state index contributed by atoms with van der Waals surface area (Å²) in [5.41, 5.74) is 0.673. The van der Waals surface area contributed by atoms with Crippen LogP contribution >= 0.6 is 27.5 Å². The van der Waals surface area contributed by atoms with Gasteiger partial charge in [0, 0.05) is 4.47 Å². The van der Waals surface area contributed by atoms with Gasteiger partial charge in [0.15, 0.2) is 0 Å². The zero-order valence-electron chi connectivity index (χ0n) is 7.30. The standard InChI is InChI=1S/C9H9BrClNO2/c10-7-3-1-2-4-8(7)12-9(13)14-6-5-11/h1-4H,5-6H2,(H,12,13). The lowest BCUT2D eigenvalue weighted by Gasteiger charge is -2.06. The average Bonchev–Trinajstić information content (AvgIpc) is 2.18. The van der Waals surface area contributed by atoms with Crippen molar-refractivity contribution >= 4 is 39.3 Å². The highest BCUT2D eigenvalue weighted by Gasteiger charge is 2.04. The van der Waals surface area contributed by atoms with Crippen LogP contribution in [0.15, 0.2) is 28.7 Å². The molecule has 1 amide bonds. The predicted octanol–water partition coefficient (Wildman–Crippen LogP) is 3.24. The SMILES string of the molecule is O=C(Nc1ccccc1Br)OCCCl. The van der Waals surface area contributed by atoms with E-state index in [1.54, 1.807) is 6.07 Å². The minimum absolute atomic E-state index is 0.206. The molecule has 5 heteroatoms. The number of halogens is 2. The second-order valence-corrected chi connectivity index (χ2v) is 3.66. The largest absolute Gasteiger partial charge is 0.448 e. The van der Waals surface area contributed by atoms with Crippen molar-refractivity contribution in [2.75, 3.05) is 17.8 Å². The van der Waals surface area contributed by atoms with Gasteiger partial charge in [-0.1, -0.05) is 12.1 Å². The number of hydrogen-bond donors (Lipinski definition) is 1. The van der Waals surface area contributed by atoms with E-state index in [-0.39, 0.29) is 6.61 Å². The third kappa shape index (κ3) is 3.55. The molecule has 76 valence electrons. The molecule has 0 heterocycles. The second kappa shape index (κ2) is 5.88. The molecule has 1 aromatic rings. The molecule has 0 atom stereocenters. The van der Waals surface area contributed by atoms with Gasteiger partial charge in [0.2, 0.25) is 0 Å². The lowest BCUT2D eigenvalue weighted by molar-refractivity contribution is 0.168. The number of benzene rings is 1. The Hall–Kier alpha value is -0.740. The molecule has 0 aromatic heterocycles. The van der Waals surface area contributed by atoms with E-state index in [0.29, 0.717) is 11.6 Å². The summed E-state index contributed by atoms with van der Waals surface area (Å²) in [7, 11) is 0. The van der Waals surface area contributed by atoms with E-state index in [1.807, 2.05) is 18.2 Å². The van der Waals surface area contributed by atoms with Crippen molar-refractivity contribution in [3.8, 4) is 0 Å². The number of carbonyl (C=O) groups is 1. The molecule has 0 radical (unpaired) electrons. The van der Waals surface area contributed by atoms with E-state index in [4.69, 9.17) is 16.3 Å². The molecule has 0 spiro atoms. The van der Waals surface area contributed by atoms with Gasteiger partial charge < -0.3 is 4.74 Å². The van der Waals surface area contributed by atoms with Crippen LogP contribution in [0.5, 0.6) is 0 Å². The number of anilines is 1. The maximum absolute atomic E-state index is 11.1. The van der Waals surface area contributed by atoms with Crippen LogP contribution in [0.1, 0.15) is 0 Å². The number of nitrogens with one attached hydrogen (secondary N) is 1. The Labute approximate surface area is 95.5 Å². The Kier molecular flexibility index (Phi) is 4.76. The van der Waals surface area contributed by atoms with E-state index in [1.165, 1.54) is 0 Å². The van der Waals surface area contributed by atoms with Crippen LogP contribution in [0.3, 0.4) is 0 Å². The van der Waals surface area contributed by atoms with Gasteiger partial charge in [0.25, 0.3) is 0 Å². The summed E-state index contributed by atoms with van der Waals surface area (Å²) in [6.07, 6.45) is -0.502. The first kappa shape index (κ1) is 11.3. The summed E-state index contributed by atoms with van der Waals surface area (Å²) in [4.78, 5) is 11.1. The molecular weight excluding hydrogens is 269 g/mol. The lowest BCUT2D eigenvalue weighted by Crippen LogP contribution is -2.15. The van der Waals surface area contributed by atoms with Crippen LogP contribution in [-0.4, -0.2) is 18.6 Å². The highest BCUT2D eigenvalue weighted by atomic mass is 79.9. The van der Waals surface area contributed by atoms with Crippen LogP contribution in [0.25, 0.3) is 0 Å². The summed E-state index contributed by atoms with van der Waals surface area (Å²) < 4.78 is 5.56. The lowest BCUT2D eigenvalue weighted by atomic mass is 10.3. The first-order valence-corrected chi connectivity index (χ1v) is 5.31. The summed E-state index contributed by atoms with van der Waals surface area (Å²) in [5.74, 6) is 0.295. The monoisotopic (exact) mass is 277 g/mol. The third-order valence-corrected chi connectivity index (χ3v) is 2.27. The maximum atomic E-state index is 11.1. The van der Waals surface area contributed by atoms with E-state index in [0.717, 1.165) is 4.47 Å². The number of hydrogen-bond acceptors (Lipinski definition) is 2. The summed E-state index contributed by atoms with van der Waals surface area (Å²) in [6.45, 7) is 0.206. The normalized spacial score (nSPS) is 9.57. The Morgan fingerprint density at radius 2 is 2.21 bits per heavy atom. The third-order valence-electron chi connectivity index (χ3n) is 1.42. The molecule has 0 aliphatic rings. The van der Waals surface area contributed by atoms with Crippen LogP contribution in [0, 0.1) is 0 Å². The molecule has 0 aliphatic carbocycles. The Morgan fingerprint density at radius 3 is 2.86 bits per heavy atom. The molecule has 0 bridgehead atoms. The minimum atomic E-state index is -0.502. The summed E-state index contributed by atoms with van der Waals surface area (Å²) >= 11 is 8.66. The van der Waals surface area contributed by atoms with Crippen LogP contribution in [-0.2, 0) is 4.74 Å². The molecule has 0 unspecified atom stereocenters. The zero-order valence-corrected chi connectivity index (χ0v) is 9.64. The number of ether oxygens (including phenoxy) is 1. The van der Waals surface area contributed by atoms with Crippen molar-refractivity contribution in [3.05, 3.63) is 28.7 Å². The van der Waals surface area contributed by atoms with Crippen LogP contribution in [0.2, 0.25) is 0 Å². The van der Waals surface area contributed by atoms with E-state index in [2.05, 4.69) is 21.2 Å². The smallest absolute Gasteiger partial charge is 0.411 e. The van der Waals surface area contributed by atoms with Gasteiger partial charge in [-0.15, -0.1) is 11.6 Å². The molecule has 14 heavy (non-hydrogen) atoms. The summed E-state index contributed by atoms with van der Waals surface area (Å²) in [6, 6.07) is 7.28. The van der Waals surface area contributed by atoms with Gasteiger partial charge in [-0.05, 0) is 28.1 Å². The van der Waals surface area contributed by atoms with Crippen molar-refractivity contribution in [2.24, 2.45) is 0 Å². The van der Waals surface area contributed by atoms with Crippen molar-refractivity contribution in [1.29, 1.82) is 0 Å². The fraction of sp³-hybridized carbons (Fsp3) is 0.222. The van der Waals surface area contributed by atoms with Gasteiger partial charge in [0.1, 0.15) is 6.61 Å². The highest BCUT2D eigenvalue weighted by molar-refractivity contribution is 9.10. The van der Waals surface area contributed by atoms with Crippen molar-refractivity contribution in [3.63, 3.8) is 0 Å². The van der Waals surface area contributed by atoms with Crippen molar-refractivity contribution in [1.82, 2.24) is 0 Å². The van der Waals surface area contributed by atoms with E-state index in [9.17, 15) is 4.79 Å².